The molecule has 0 saturated carbocycles. The molecule has 0 amide bonds. The molecular formula is C16H27NO3. The number of methoxy groups -OCH3 is 1. The standard InChI is InChI=1S/C16H27NO3/c1-5-16(12(2)3)17-10-13(18)11-20-15-8-6-14(19-4)7-9-15/h6-9,12-13,16-18H,5,10-11H2,1-4H3. The van der Waals surface area contributed by atoms with Gasteiger partial charge in [-0.05, 0) is 36.6 Å². The van der Waals surface area contributed by atoms with Crippen LogP contribution in [0.15, 0.2) is 24.3 Å². The van der Waals surface area contributed by atoms with Crippen LogP contribution in [0.2, 0.25) is 0 Å². The van der Waals surface area contributed by atoms with Crippen molar-refractivity contribution in [1.29, 1.82) is 0 Å². The zero-order valence-corrected chi connectivity index (χ0v) is 12.9. The van der Waals surface area contributed by atoms with Gasteiger partial charge in [-0.15, -0.1) is 0 Å². The Morgan fingerprint density at radius 1 is 1.15 bits per heavy atom. The van der Waals surface area contributed by atoms with Crippen LogP contribution in [-0.4, -0.2) is 37.5 Å². The number of ether oxygens (including phenoxy) is 2. The third-order valence-corrected chi connectivity index (χ3v) is 3.36. The van der Waals surface area contributed by atoms with E-state index < -0.39 is 6.10 Å². The zero-order chi connectivity index (χ0) is 15.0. The molecule has 2 unspecified atom stereocenters. The Morgan fingerprint density at radius 2 is 1.75 bits per heavy atom. The molecule has 1 rings (SSSR count). The molecule has 0 fully saturated rings. The Morgan fingerprint density at radius 3 is 2.25 bits per heavy atom. The predicted molar refractivity (Wildman–Crippen MR) is 81.4 cm³/mol. The van der Waals surface area contributed by atoms with Crippen molar-refractivity contribution in [3.8, 4) is 11.5 Å². The predicted octanol–water partition coefficient (Wildman–Crippen LogP) is 2.46. The first-order valence-corrected chi connectivity index (χ1v) is 7.25. The van der Waals surface area contributed by atoms with Crippen molar-refractivity contribution in [1.82, 2.24) is 5.32 Å². The van der Waals surface area contributed by atoms with E-state index in [1.807, 2.05) is 24.3 Å². The normalized spacial score (nSPS) is 14.1. The lowest BCUT2D eigenvalue weighted by Crippen LogP contribution is -2.40. The second kappa shape index (κ2) is 8.82. The Hall–Kier alpha value is -1.26. The Balaban J connectivity index is 2.29. The van der Waals surface area contributed by atoms with Crippen molar-refractivity contribution in [3.63, 3.8) is 0 Å². The highest BCUT2D eigenvalue weighted by Crippen LogP contribution is 2.17. The molecule has 0 aliphatic heterocycles. The molecule has 4 heteroatoms. The van der Waals surface area contributed by atoms with E-state index in [2.05, 4.69) is 26.1 Å². The van der Waals surface area contributed by atoms with Crippen molar-refractivity contribution in [3.05, 3.63) is 24.3 Å². The lowest BCUT2D eigenvalue weighted by atomic mass is 10.0. The average molecular weight is 281 g/mol. The molecule has 0 aromatic heterocycles. The van der Waals surface area contributed by atoms with Gasteiger partial charge in [0.15, 0.2) is 0 Å². The number of nitrogens with one attached hydrogen (secondary N) is 1. The topological polar surface area (TPSA) is 50.7 Å². The summed E-state index contributed by atoms with van der Waals surface area (Å²) in [7, 11) is 1.63. The average Bonchev–Trinajstić information content (AvgIpc) is 2.46. The van der Waals surface area contributed by atoms with Gasteiger partial charge in [0.1, 0.15) is 24.2 Å². The fraction of sp³-hybridized carbons (Fsp3) is 0.625. The van der Waals surface area contributed by atoms with Gasteiger partial charge < -0.3 is 19.9 Å². The molecule has 0 radical (unpaired) electrons. The van der Waals surface area contributed by atoms with E-state index in [-0.39, 0.29) is 6.61 Å². The largest absolute Gasteiger partial charge is 0.497 e. The van der Waals surface area contributed by atoms with Gasteiger partial charge in [-0.25, -0.2) is 0 Å². The minimum atomic E-state index is -0.509. The third-order valence-electron chi connectivity index (χ3n) is 3.36. The van der Waals surface area contributed by atoms with E-state index in [4.69, 9.17) is 9.47 Å². The molecule has 0 aliphatic carbocycles. The first-order valence-electron chi connectivity index (χ1n) is 7.25. The summed E-state index contributed by atoms with van der Waals surface area (Å²) in [6.45, 7) is 7.35. The van der Waals surface area contributed by atoms with Crippen LogP contribution in [-0.2, 0) is 0 Å². The molecule has 0 saturated heterocycles. The number of aliphatic hydroxyl groups is 1. The van der Waals surface area contributed by atoms with Crippen molar-refractivity contribution >= 4 is 0 Å². The summed E-state index contributed by atoms with van der Waals surface area (Å²) in [5.41, 5.74) is 0. The summed E-state index contributed by atoms with van der Waals surface area (Å²) < 4.78 is 10.6. The molecule has 0 spiro atoms. The molecule has 0 bridgehead atoms. The lowest BCUT2D eigenvalue weighted by Gasteiger charge is -2.22. The van der Waals surface area contributed by atoms with E-state index in [9.17, 15) is 5.11 Å². The van der Waals surface area contributed by atoms with Gasteiger partial charge in [-0.2, -0.15) is 0 Å². The first kappa shape index (κ1) is 16.8. The van der Waals surface area contributed by atoms with Gasteiger partial charge in [0, 0.05) is 12.6 Å². The highest BCUT2D eigenvalue weighted by Gasteiger charge is 2.13. The molecule has 2 N–H and O–H groups in total. The van der Waals surface area contributed by atoms with Crippen LogP contribution < -0.4 is 14.8 Å². The van der Waals surface area contributed by atoms with Crippen molar-refractivity contribution < 1.29 is 14.6 Å². The van der Waals surface area contributed by atoms with Gasteiger partial charge in [0.2, 0.25) is 0 Å². The summed E-state index contributed by atoms with van der Waals surface area (Å²) in [5, 5.41) is 13.3. The van der Waals surface area contributed by atoms with Gasteiger partial charge in [-0.1, -0.05) is 20.8 Å². The van der Waals surface area contributed by atoms with Crippen molar-refractivity contribution in [2.45, 2.75) is 39.3 Å². The highest BCUT2D eigenvalue weighted by molar-refractivity contribution is 5.31. The van der Waals surface area contributed by atoms with Crippen LogP contribution in [0.1, 0.15) is 27.2 Å². The van der Waals surface area contributed by atoms with Crippen LogP contribution >= 0.6 is 0 Å². The maximum Gasteiger partial charge on any atom is 0.119 e. The molecule has 20 heavy (non-hydrogen) atoms. The van der Waals surface area contributed by atoms with Crippen molar-refractivity contribution in [2.24, 2.45) is 5.92 Å². The number of aliphatic hydroxyl groups excluding tert-OH is 1. The van der Waals surface area contributed by atoms with Crippen LogP contribution in [0.5, 0.6) is 11.5 Å². The van der Waals surface area contributed by atoms with Crippen molar-refractivity contribution in [2.75, 3.05) is 20.3 Å². The fourth-order valence-corrected chi connectivity index (χ4v) is 2.06. The van der Waals surface area contributed by atoms with E-state index in [1.165, 1.54) is 0 Å². The van der Waals surface area contributed by atoms with Gasteiger partial charge in [0.25, 0.3) is 0 Å². The second-order valence-electron chi connectivity index (χ2n) is 5.31. The minimum absolute atomic E-state index is 0.286. The molecule has 114 valence electrons. The Labute approximate surface area is 122 Å². The summed E-state index contributed by atoms with van der Waals surface area (Å²) >= 11 is 0. The van der Waals surface area contributed by atoms with Crippen LogP contribution in [0.4, 0.5) is 0 Å². The number of hydrogen-bond donors (Lipinski definition) is 2. The van der Waals surface area contributed by atoms with Crippen LogP contribution in [0.3, 0.4) is 0 Å². The third kappa shape index (κ3) is 5.80. The van der Waals surface area contributed by atoms with Gasteiger partial charge >= 0.3 is 0 Å². The molecular weight excluding hydrogens is 254 g/mol. The van der Waals surface area contributed by atoms with E-state index in [0.29, 0.717) is 18.5 Å². The fourth-order valence-electron chi connectivity index (χ4n) is 2.06. The van der Waals surface area contributed by atoms with E-state index in [0.717, 1.165) is 17.9 Å². The number of rotatable bonds is 9. The smallest absolute Gasteiger partial charge is 0.119 e. The number of benzene rings is 1. The summed E-state index contributed by atoms with van der Waals surface area (Å²) in [6.07, 6.45) is 0.550. The molecule has 1 aromatic carbocycles. The molecule has 0 heterocycles. The quantitative estimate of drug-likeness (QED) is 0.730. The van der Waals surface area contributed by atoms with E-state index >= 15 is 0 Å². The lowest BCUT2D eigenvalue weighted by molar-refractivity contribution is 0.101. The zero-order valence-electron chi connectivity index (χ0n) is 12.9. The summed E-state index contributed by atoms with van der Waals surface area (Å²) in [6, 6.07) is 7.78. The van der Waals surface area contributed by atoms with Crippen LogP contribution in [0.25, 0.3) is 0 Å². The SMILES string of the molecule is CCC(NCC(O)COc1ccc(OC)cc1)C(C)C. The van der Waals surface area contributed by atoms with Gasteiger partial charge in [-0.3, -0.25) is 0 Å². The van der Waals surface area contributed by atoms with Gasteiger partial charge in [0.05, 0.1) is 7.11 Å². The Bertz CT molecular complexity index is 364. The maximum absolute atomic E-state index is 9.93. The Kier molecular flexibility index (Phi) is 7.41. The molecule has 4 nitrogen and oxygen atoms in total. The van der Waals surface area contributed by atoms with Crippen LogP contribution in [0, 0.1) is 5.92 Å². The highest BCUT2D eigenvalue weighted by atomic mass is 16.5. The maximum atomic E-state index is 9.93. The molecule has 1 aromatic rings. The van der Waals surface area contributed by atoms with E-state index in [1.54, 1.807) is 7.11 Å². The summed E-state index contributed by atoms with van der Waals surface area (Å²) in [4.78, 5) is 0. The minimum Gasteiger partial charge on any atom is -0.497 e. The second-order valence-corrected chi connectivity index (χ2v) is 5.31. The summed E-state index contributed by atoms with van der Waals surface area (Å²) in [5.74, 6) is 2.10. The molecule has 2 atom stereocenters. The molecule has 0 aliphatic rings. The number of hydrogen-bond acceptors (Lipinski definition) is 4. The first-order chi connectivity index (χ1) is 9.56. The monoisotopic (exact) mass is 281 g/mol.